The highest BCUT2D eigenvalue weighted by Crippen LogP contribution is 2.13. The number of aromatic nitrogens is 1. The molecule has 0 amide bonds. The van der Waals surface area contributed by atoms with Gasteiger partial charge in [0.25, 0.3) is 0 Å². The smallest absolute Gasteiger partial charge is 0.223 e. The molecule has 0 aliphatic heterocycles. The lowest BCUT2D eigenvalue weighted by atomic mass is 10.1. The van der Waals surface area contributed by atoms with Gasteiger partial charge < -0.3 is 9.67 Å². The van der Waals surface area contributed by atoms with Gasteiger partial charge in [-0.2, -0.15) is 0 Å². The second-order valence-corrected chi connectivity index (χ2v) is 4.40. The first-order chi connectivity index (χ1) is 9.11. The van der Waals surface area contributed by atoms with E-state index in [1.807, 2.05) is 11.5 Å². The largest absolute Gasteiger partial charge is 0.503 e. The van der Waals surface area contributed by atoms with E-state index in [1.54, 1.807) is 18.3 Å². The minimum atomic E-state index is -0.352. The molecule has 1 aromatic carbocycles. The summed E-state index contributed by atoms with van der Waals surface area (Å²) in [6, 6.07) is 7.70. The quantitative estimate of drug-likeness (QED) is 0.918. The van der Waals surface area contributed by atoms with E-state index in [9.17, 15) is 14.3 Å². The van der Waals surface area contributed by atoms with Crippen LogP contribution in [-0.2, 0) is 19.4 Å². The van der Waals surface area contributed by atoms with Gasteiger partial charge in [-0.15, -0.1) is 0 Å². The van der Waals surface area contributed by atoms with Crippen LogP contribution in [0.15, 0.2) is 41.3 Å². The van der Waals surface area contributed by atoms with Crippen molar-refractivity contribution < 1.29 is 9.50 Å². The van der Waals surface area contributed by atoms with E-state index in [2.05, 4.69) is 0 Å². The van der Waals surface area contributed by atoms with Gasteiger partial charge in [0.15, 0.2) is 5.75 Å². The molecular formula is C15H16FNO2. The van der Waals surface area contributed by atoms with E-state index in [0.29, 0.717) is 18.7 Å². The van der Waals surface area contributed by atoms with Crippen molar-refractivity contribution in [1.29, 1.82) is 0 Å². The molecule has 100 valence electrons. The Bertz CT molecular complexity index is 617. The van der Waals surface area contributed by atoms with Crippen LogP contribution in [-0.4, -0.2) is 9.67 Å². The van der Waals surface area contributed by atoms with Crippen LogP contribution in [0.3, 0.4) is 0 Å². The Balaban J connectivity index is 2.18. The van der Waals surface area contributed by atoms with Crippen molar-refractivity contribution in [3.8, 4) is 5.75 Å². The number of aryl methyl sites for hydroxylation is 2. The summed E-state index contributed by atoms with van der Waals surface area (Å²) >= 11 is 0. The van der Waals surface area contributed by atoms with Crippen LogP contribution >= 0.6 is 0 Å². The average molecular weight is 261 g/mol. The van der Waals surface area contributed by atoms with E-state index < -0.39 is 0 Å². The lowest BCUT2D eigenvalue weighted by Crippen LogP contribution is -2.13. The zero-order valence-corrected chi connectivity index (χ0v) is 10.8. The fraction of sp³-hybridized carbons (Fsp3) is 0.267. The van der Waals surface area contributed by atoms with Gasteiger partial charge in [0.1, 0.15) is 5.82 Å². The highest BCUT2D eigenvalue weighted by molar-refractivity contribution is 5.27. The topological polar surface area (TPSA) is 42.2 Å². The molecule has 0 aliphatic rings. The molecule has 0 atom stereocenters. The minimum Gasteiger partial charge on any atom is -0.503 e. The summed E-state index contributed by atoms with van der Waals surface area (Å²) in [5.74, 6) is -0.428. The summed E-state index contributed by atoms with van der Waals surface area (Å²) in [7, 11) is 0. The molecule has 19 heavy (non-hydrogen) atoms. The molecule has 2 rings (SSSR count). The number of benzene rings is 1. The normalized spacial score (nSPS) is 10.6. The van der Waals surface area contributed by atoms with E-state index in [0.717, 1.165) is 12.0 Å². The van der Waals surface area contributed by atoms with E-state index in [4.69, 9.17) is 0 Å². The van der Waals surface area contributed by atoms with Crippen molar-refractivity contribution in [3.05, 3.63) is 63.8 Å². The summed E-state index contributed by atoms with van der Waals surface area (Å²) in [6.45, 7) is 2.53. The average Bonchev–Trinajstić information content (AvgIpc) is 2.42. The van der Waals surface area contributed by atoms with Crippen molar-refractivity contribution >= 4 is 0 Å². The standard InChI is InChI=1S/C15H16FNO2/c1-2-13-15(19)14(18)8-10-17(13)9-7-11-3-5-12(16)6-4-11/h3-6,8,10,19H,2,7,9H2,1H3. The third-order valence-electron chi connectivity index (χ3n) is 3.15. The molecule has 1 heterocycles. The SMILES string of the molecule is CCc1c(O)c(=O)ccn1CCc1ccc(F)cc1. The van der Waals surface area contributed by atoms with Gasteiger partial charge in [0.2, 0.25) is 5.43 Å². The van der Waals surface area contributed by atoms with Crippen LogP contribution in [0.5, 0.6) is 5.75 Å². The maximum absolute atomic E-state index is 12.8. The monoisotopic (exact) mass is 261 g/mol. The van der Waals surface area contributed by atoms with Gasteiger partial charge in [0, 0.05) is 18.8 Å². The molecule has 0 fully saturated rings. The lowest BCUT2D eigenvalue weighted by Gasteiger charge is -2.13. The summed E-state index contributed by atoms with van der Waals surface area (Å²) < 4.78 is 14.7. The molecule has 0 unspecified atom stereocenters. The van der Waals surface area contributed by atoms with Gasteiger partial charge in [-0.05, 0) is 30.5 Å². The van der Waals surface area contributed by atoms with Crippen LogP contribution in [0.4, 0.5) is 4.39 Å². The van der Waals surface area contributed by atoms with Crippen molar-refractivity contribution in [2.75, 3.05) is 0 Å². The Kier molecular flexibility index (Phi) is 4.00. The summed E-state index contributed by atoms with van der Waals surface area (Å²) in [5, 5.41) is 9.73. The summed E-state index contributed by atoms with van der Waals surface area (Å²) in [6.07, 6.45) is 2.99. The molecule has 0 spiro atoms. The van der Waals surface area contributed by atoms with Crippen molar-refractivity contribution in [2.45, 2.75) is 26.3 Å². The first-order valence-corrected chi connectivity index (χ1v) is 6.27. The fourth-order valence-electron chi connectivity index (χ4n) is 2.09. The van der Waals surface area contributed by atoms with Gasteiger partial charge in [-0.25, -0.2) is 4.39 Å². The highest BCUT2D eigenvalue weighted by Gasteiger charge is 2.07. The highest BCUT2D eigenvalue weighted by atomic mass is 19.1. The third kappa shape index (κ3) is 3.02. The molecule has 0 aliphatic carbocycles. The van der Waals surface area contributed by atoms with E-state index in [-0.39, 0.29) is 17.0 Å². The second-order valence-electron chi connectivity index (χ2n) is 4.40. The Morgan fingerprint density at radius 2 is 1.89 bits per heavy atom. The van der Waals surface area contributed by atoms with Crippen molar-refractivity contribution in [1.82, 2.24) is 4.57 Å². The summed E-state index contributed by atoms with van der Waals surface area (Å²) in [5.41, 5.74) is 1.30. The van der Waals surface area contributed by atoms with Gasteiger partial charge in [-0.1, -0.05) is 19.1 Å². The molecular weight excluding hydrogens is 245 g/mol. The Hall–Kier alpha value is -2.10. The molecule has 4 heteroatoms. The van der Waals surface area contributed by atoms with E-state index >= 15 is 0 Å². The first-order valence-electron chi connectivity index (χ1n) is 6.27. The molecule has 1 aromatic heterocycles. The number of hydrogen-bond donors (Lipinski definition) is 1. The number of nitrogens with zero attached hydrogens (tertiary/aromatic N) is 1. The molecule has 0 saturated heterocycles. The van der Waals surface area contributed by atoms with Crippen LogP contribution in [0, 0.1) is 5.82 Å². The van der Waals surface area contributed by atoms with Crippen LogP contribution in [0.2, 0.25) is 0 Å². The minimum absolute atomic E-state index is 0.177. The molecule has 0 bridgehead atoms. The molecule has 0 radical (unpaired) electrons. The van der Waals surface area contributed by atoms with Crippen LogP contribution < -0.4 is 5.43 Å². The van der Waals surface area contributed by atoms with Gasteiger partial charge >= 0.3 is 0 Å². The van der Waals surface area contributed by atoms with Gasteiger partial charge in [0.05, 0.1) is 5.69 Å². The van der Waals surface area contributed by atoms with Crippen molar-refractivity contribution in [2.24, 2.45) is 0 Å². The van der Waals surface area contributed by atoms with Crippen LogP contribution in [0.25, 0.3) is 0 Å². The number of rotatable bonds is 4. The van der Waals surface area contributed by atoms with Crippen LogP contribution in [0.1, 0.15) is 18.2 Å². The first kappa shape index (κ1) is 13.3. The third-order valence-corrected chi connectivity index (χ3v) is 3.15. The molecule has 2 aromatic rings. The second kappa shape index (κ2) is 5.69. The molecule has 0 saturated carbocycles. The van der Waals surface area contributed by atoms with E-state index in [1.165, 1.54) is 18.2 Å². The molecule has 1 N–H and O–H groups in total. The molecule has 3 nitrogen and oxygen atoms in total. The zero-order valence-electron chi connectivity index (χ0n) is 10.8. The maximum Gasteiger partial charge on any atom is 0.223 e. The Morgan fingerprint density at radius 3 is 2.53 bits per heavy atom. The van der Waals surface area contributed by atoms with Crippen molar-refractivity contribution in [3.63, 3.8) is 0 Å². The predicted octanol–water partition coefficient (Wildman–Crippen LogP) is 2.50. The number of hydrogen-bond acceptors (Lipinski definition) is 2. The zero-order chi connectivity index (χ0) is 13.8. The van der Waals surface area contributed by atoms with Gasteiger partial charge in [-0.3, -0.25) is 4.79 Å². The summed E-state index contributed by atoms with van der Waals surface area (Å²) in [4.78, 5) is 11.4. The maximum atomic E-state index is 12.8. The Morgan fingerprint density at radius 1 is 1.21 bits per heavy atom. The fourth-order valence-corrected chi connectivity index (χ4v) is 2.09. The number of aromatic hydroxyl groups is 1. The lowest BCUT2D eigenvalue weighted by molar-refractivity contribution is 0.448. The predicted molar refractivity (Wildman–Crippen MR) is 71.8 cm³/mol. The number of pyridine rings is 1. The number of halogens is 1. The Labute approximate surface area is 110 Å².